The molecule has 0 aliphatic carbocycles. The zero-order chi connectivity index (χ0) is 16.2. The summed E-state index contributed by atoms with van der Waals surface area (Å²) in [4.78, 5) is 12.2. The van der Waals surface area contributed by atoms with Crippen LogP contribution in [-0.2, 0) is 14.6 Å². The van der Waals surface area contributed by atoms with Crippen molar-refractivity contribution in [3.8, 4) is 0 Å². The molecule has 114 valence electrons. The number of benzene rings is 2. The molecule has 0 saturated carbocycles. The number of sulfone groups is 1. The third-order valence-electron chi connectivity index (χ3n) is 3.10. The summed E-state index contributed by atoms with van der Waals surface area (Å²) in [5, 5.41) is 2.62. The zero-order valence-corrected chi connectivity index (χ0v) is 13.1. The van der Waals surface area contributed by atoms with Crippen molar-refractivity contribution in [2.45, 2.75) is 11.8 Å². The molecule has 0 bridgehead atoms. The molecule has 5 heteroatoms. The Morgan fingerprint density at radius 2 is 1.64 bits per heavy atom. The van der Waals surface area contributed by atoms with Gasteiger partial charge in [-0.1, -0.05) is 42.5 Å². The molecule has 0 spiro atoms. The van der Waals surface area contributed by atoms with Gasteiger partial charge in [0.15, 0.2) is 9.84 Å². The lowest BCUT2D eigenvalue weighted by Gasteiger charge is -2.09. The Kier molecular flexibility index (Phi) is 4.78. The van der Waals surface area contributed by atoms with E-state index in [0.717, 1.165) is 5.56 Å². The quantitative estimate of drug-likeness (QED) is 0.863. The monoisotopic (exact) mass is 315 g/mol. The number of anilines is 1. The maximum Gasteiger partial charge on any atom is 0.252 e. The number of hydrogen-bond donors (Lipinski definition) is 1. The lowest BCUT2D eigenvalue weighted by molar-refractivity contribution is -0.112. The van der Waals surface area contributed by atoms with Crippen molar-refractivity contribution < 1.29 is 13.2 Å². The third kappa shape index (κ3) is 4.05. The molecule has 0 aliphatic heterocycles. The molecule has 0 atom stereocenters. The lowest BCUT2D eigenvalue weighted by atomic mass is 10.2. The summed E-state index contributed by atoms with van der Waals surface area (Å²) < 4.78 is 24.5. The molecule has 0 fully saturated rings. The van der Waals surface area contributed by atoms with Gasteiger partial charge in [0.25, 0.3) is 5.91 Å². The van der Waals surface area contributed by atoms with Crippen LogP contribution in [0.15, 0.2) is 71.6 Å². The molecule has 0 heterocycles. The molecular formula is C17H17NO3S. The van der Waals surface area contributed by atoms with Gasteiger partial charge in [-0.15, -0.1) is 0 Å². The van der Waals surface area contributed by atoms with Crippen LogP contribution in [0.3, 0.4) is 0 Å². The highest BCUT2D eigenvalue weighted by atomic mass is 32.2. The number of hydrogen-bond acceptors (Lipinski definition) is 3. The zero-order valence-electron chi connectivity index (χ0n) is 12.2. The average molecular weight is 315 g/mol. The fourth-order valence-electron chi connectivity index (χ4n) is 1.86. The van der Waals surface area contributed by atoms with Crippen LogP contribution in [0.4, 0.5) is 5.69 Å². The minimum Gasteiger partial charge on any atom is -0.322 e. The highest BCUT2D eigenvalue weighted by molar-refractivity contribution is 7.91. The predicted molar refractivity (Wildman–Crippen MR) is 87.4 cm³/mol. The van der Waals surface area contributed by atoms with Crippen LogP contribution in [0.25, 0.3) is 0 Å². The number of nitrogens with one attached hydrogen (secondary N) is 1. The SMILES string of the molecule is C=C(CS(=O)(=O)c1ccc(C)cc1)C(=O)Nc1ccccc1. The van der Waals surface area contributed by atoms with Gasteiger partial charge in [-0.05, 0) is 31.2 Å². The van der Waals surface area contributed by atoms with Crippen molar-refractivity contribution >= 4 is 21.4 Å². The molecular weight excluding hydrogens is 298 g/mol. The average Bonchev–Trinajstić information content (AvgIpc) is 2.48. The first-order valence-corrected chi connectivity index (χ1v) is 8.37. The Labute approximate surface area is 130 Å². The normalized spacial score (nSPS) is 11.0. The van der Waals surface area contributed by atoms with E-state index in [0.29, 0.717) is 5.69 Å². The van der Waals surface area contributed by atoms with Crippen molar-refractivity contribution in [2.75, 3.05) is 11.1 Å². The van der Waals surface area contributed by atoms with Gasteiger partial charge in [-0.3, -0.25) is 4.79 Å². The van der Waals surface area contributed by atoms with Gasteiger partial charge in [-0.25, -0.2) is 8.42 Å². The first kappa shape index (κ1) is 16.0. The summed E-state index contributed by atoms with van der Waals surface area (Å²) in [5.41, 5.74) is 1.57. The Balaban J connectivity index is 2.07. The summed E-state index contributed by atoms with van der Waals surface area (Å²) in [7, 11) is -3.57. The van der Waals surface area contributed by atoms with Gasteiger partial charge in [0.1, 0.15) is 0 Å². The molecule has 0 aromatic heterocycles. The maximum absolute atomic E-state index is 12.3. The molecule has 1 N–H and O–H groups in total. The van der Waals surface area contributed by atoms with Crippen molar-refractivity contribution in [1.29, 1.82) is 0 Å². The number of aryl methyl sites for hydroxylation is 1. The van der Waals surface area contributed by atoms with E-state index in [1.165, 1.54) is 12.1 Å². The molecule has 2 aromatic carbocycles. The number of para-hydroxylation sites is 1. The molecule has 2 rings (SSSR count). The van der Waals surface area contributed by atoms with Gasteiger partial charge in [0.2, 0.25) is 0 Å². The van der Waals surface area contributed by atoms with E-state index < -0.39 is 21.5 Å². The van der Waals surface area contributed by atoms with Crippen molar-refractivity contribution in [3.05, 3.63) is 72.3 Å². The standard InChI is InChI=1S/C17H17NO3S/c1-13-8-10-16(11-9-13)22(20,21)12-14(2)17(19)18-15-6-4-3-5-7-15/h3-11H,2,12H2,1H3,(H,18,19). The van der Waals surface area contributed by atoms with Crippen LogP contribution in [0, 0.1) is 6.92 Å². The molecule has 22 heavy (non-hydrogen) atoms. The molecule has 1 amide bonds. The number of rotatable bonds is 5. The van der Waals surface area contributed by atoms with Crippen LogP contribution in [0.1, 0.15) is 5.56 Å². The third-order valence-corrected chi connectivity index (χ3v) is 4.82. The smallest absolute Gasteiger partial charge is 0.252 e. The highest BCUT2D eigenvalue weighted by Crippen LogP contribution is 2.15. The van der Waals surface area contributed by atoms with E-state index in [4.69, 9.17) is 0 Å². The molecule has 0 saturated heterocycles. The maximum atomic E-state index is 12.3. The summed E-state index contributed by atoms with van der Waals surface area (Å²) >= 11 is 0. The van der Waals surface area contributed by atoms with Gasteiger partial charge in [0, 0.05) is 11.3 Å². The van der Waals surface area contributed by atoms with E-state index in [9.17, 15) is 13.2 Å². The highest BCUT2D eigenvalue weighted by Gasteiger charge is 2.19. The van der Waals surface area contributed by atoms with Gasteiger partial charge in [-0.2, -0.15) is 0 Å². The Hall–Kier alpha value is -2.40. The minimum atomic E-state index is -3.57. The minimum absolute atomic E-state index is 0.00410. The number of carbonyl (C=O) groups is 1. The second-order valence-corrected chi connectivity index (χ2v) is 6.99. The second-order valence-electron chi connectivity index (χ2n) is 5.00. The van der Waals surface area contributed by atoms with Gasteiger partial charge >= 0.3 is 0 Å². The van der Waals surface area contributed by atoms with Crippen LogP contribution in [-0.4, -0.2) is 20.1 Å². The summed E-state index contributed by atoms with van der Waals surface area (Å²) in [6.45, 7) is 5.47. The molecule has 0 aliphatic rings. The predicted octanol–water partition coefficient (Wildman–Crippen LogP) is 2.96. The lowest BCUT2D eigenvalue weighted by Crippen LogP contribution is -2.20. The first-order chi connectivity index (χ1) is 10.4. The van der Waals surface area contributed by atoms with Crippen molar-refractivity contribution in [3.63, 3.8) is 0 Å². The largest absolute Gasteiger partial charge is 0.322 e. The molecule has 2 aromatic rings. The summed E-state index contributed by atoms with van der Waals surface area (Å²) in [5.74, 6) is -0.906. The fourth-order valence-corrected chi connectivity index (χ4v) is 3.17. The summed E-state index contributed by atoms with van der Waals surface area (Å²) in [6.07, 6.45) is 0. The number of amides is 1. The van der Waals surface area contributed by atoms with Gasteiger partial charge < -0.3 is 5.32 Å². The Bertz CT molecular complexity index is 778. The van der Waals surface area contributed by atoms with Crippen LogP contribution >= 0.6 is 0 Å². The van der Waals surface area contributed by atoms with Crippen LogP contribution < -0.4 is 5.32 Å². The van der Waals surface area contributed by atoms with E-state index in [1.54, 1.807) is 36.4 Å². The van der Waals surface area contributed by atoms with E-state index in [1.807, 2.05) is 13.0 Å². The van der Waals surface area contributed by atoms with Crippen LogP contribution in [0.5, 0.6) is 0 Å². The topological polar surface area (TPSA) is 63.2 Å². The molecule has 0 radical (unpaired) electrons. The van der Waals surface area contributed by atoms with Crippen LogP contribution in [0.2, 0.25) is 0 Å². The van der Waals surface area contributed by atoms with Gasteiger partial charge in [0.05, 0.1) is 10.6 Å². The first-order valence-electron chi connectivity index (χ1n) is 6.72. The molecule has 4 nitrogen and oxygen atoms in total. The summed E-state index contributed by atoms with van der Waals surface area (Å²) in [6, 6.07) is 15.3. The Morgan fingerprint density at radius 3 is 2.23 bits per heavy atom. The second kappa shape index (κ2) is 6.58. The molecule has 0 unspecified atom stereocenters. The van der Waals surface area contributed by atoms with E-state index >= 15 is 0 Å². The van der Waals surface area contributed by atoms with Crippen molar-refractivity contribution in [2.24, 2.45) is 0 Å². The van der Waals surface area contributed by atoms with Crippen molar-refractivity contribution in [1.82, 2.24) is 0 Å². The number of carbonyl (C=O) groups excluding carboxylic acids is 1. The Morgan fingerprint density at radius 1 is 1.05 bits per heavy atom. The fraction of sp³-hybridized carbons (Fsp3) is 0.118. The van der Waals surface area contributed by atoms with E-state index in [-0.39, 0.29) is 10.5 Å². The van der Waals surface area contributed by atoms with E-state index in [2.05, 4.69) is 11.9 Å².